The number of amides is 1. The van der Waals surface area contributed by atoms with Crippen LogP contribution in [0.15, 0.2) is 60.2 Å². The fraction of sp³-hybridized carbons (Fsp3) is 0.407. The van der Waals surface area contributed by atoms with Crippen LogP contribution in [-0.2, 0) is 14.3 Å². The standard InChI is InChI=1S/C27H32N2O5/c1-2-17-34-22-11-9-21(10-12-22)25(30)23-24(20-7-4-3-5-8-20)29(27(32)26(23)31)14-6-13-28-15-18-33-19-16-28/h3-5,7-12,24,30H,2,6,13-19H2,1H3/b25-23+/t24-/m0/s1. The largest absolute Gasteiger partial charge is 0.507 e. The Morgan fingerprint density at radius 3 is 2.41 bits per heavy atom. The third kappa shape index (κ3) is 5.32. The molecule has 7 nitrogen and oxygen atoms in total. The number of rotatable bonds is 9. The second kappa shape index (κ2) is 11.3. The Kier molecular flexibility index (Phi) is 7.98. The van der Waals surface area contributed by atoms with Gasteiger partial charge in [-0.25, -0.2) is 0 Å². The third-order valence-electron chi connectivity index (χ3n) is 6.23. The Hall–Kier alpha value is -3.16. The van der Waals surface area contributed by atoms with Crippen molar-refractivity contribution in [1.82, 2.24) is 9.80 Å². The molecule has 7 heteroatoms. The number of carbonyl (C=O) groups excluding carboxylic acids is 2. The Bertz CT molecular complexity index is 1010. The minimum atomic E-state index is -0.649. The number of ether oxygens (including phenoxy) is 2. The summed E-state index contributed by atoms with van der Waals surface area (Å²) in [6.45, 7) is 7.08. The highest BCUT2D eigenvalue weighted by Gasteiger charge is 2.45. The van der Waals surface area contributed by atoms with E-state index >= 15 is 0 Å². The van der Waals surface area contributed by atoms with Crippen molar-refractivity contribution in [3.63, 3.8) is 0 Å². The maximum atomic E-state index is 13.1. The van der Waals surface area contributed by atoms with Gasteiger partial charge < -0.3 is 19.5 Å². The van der Waals surface area contributed by atoms with E-state index in [4.69, 9.17) is 9.47 Å². The molecule has 2 aromatic rings. The smallest absolute Gasteiger partial charge is 0.295 e. The Morgan fingerprint density at radius 1 is 1.03 bits per heavy atom. The maximum Gasteiger partial charge on any atom is 0.295 e. The van der Waals surface area contributed by atoms with Gasteiger partial charge in [-0.05, 0) is 42.7 Å². The summed E-state index contributed by atoms with van der Waals surface area (Å²) in [5, 5.41) is 11.2. The first-order valence-corrected chi connectivity index (χ1v) is 12.0. The van der Waals surface area contributed by atoms with Gasteiger partial charge in [-0.2, -0.15) is 0 Å². The molecule has 1 N–H and O–H groups in total. The molecule has 0 spiro atoms. The zero-order chi connectivity index (χ0) is 23.9. The number of hydrogen-bond donors (Lipinski definition) is 1. The van der Waals surface area contributed by atoms with E-state index in [1.165, 1.54) is 0 Å². The minimum absolute atomic E-state index is 0.129. The van der Waals surface area contributed by atoms with Crippen LogP contribution in [0.5, 0.6) is 5.75 Å². The molecule has 2 aromatic carbocycles. The molecule has 2 aliphatic heterocycles. The van der Waals surface area contributed by atoms with Gasteiger partial charge in [0.1, 0.15) is 11.5 Å². The normalized spacial score (nSPS) is 20.6. The number of carbonyl (C=O) groups is 2. The summed E-state index contributed by atoms with van der Waals surface area (Å²) in [4.78, 5) is 30.1. The lowest BCUT2D eigenvalue weighted by Crippen LogP contribution is -2.38. The Balaban J connectivity index is 1.61. The first-order valence-electron chi connectivity index (χ1n) is 12.0. The molecule has 0 aliphatic carbocycles. The fourth-order valence-corrected chi connectivity index (χ4v) is 4.47. The highest BCUT2D eigenvalue weighted by atomic mass is 16.5. The van der Waals surface area contributed by atoms with E-state index in [-0.39, 0.29) is 11.3 Å². The van der Waals surface area contributed by atoms with Crippen LogP contribution in [0, 0.1) is 0 Å². The van der Waals surface area contributed by atoms with E-state index in [1.807, 2.05) is 37.3 Å². The molecule has 0 radical (unpaired) electrons. The van der Waals surface area contributed by atoms with Gasteiger partial charge >= 0.3 is 0 Å². The van der Waals surface area contributed by atoms with Crippen molar-refractivity contribution < 1.29 is 24.2 Å². The number of likely N-dealkylation sites (tertiary alicyclic amines) is 1. The molecule has 0 aromatic heterocycles. The van der Waals surface area contributed by atoms with Gasteiger partial charge in [-0.1, -0.05) is 37.3 Å². The second-order valence-electron chi connectivity index (χ2n) is 8.58. The summed E-state index contributed by atoms with van der Waals surface area (Å²) < 4.78 is 11.0. The summed E-state index contributed by atoms with van der Waals surface area (Å²) in [7, 11) is 0. The molecule has 1 atom stereocenters. The van der Waals surface area contributed by atoms with Crippen molar-refractivity contribution >= 4 is 17.4 Å². The summed E-state index contributed by atoms with van der Waals surface area (Å²) in [6, 6.07) is 15.8. The van der Waals surface area contributed by atoms with Crippen molar-refractivity contribution in [1.29, 1.82) is 0 Å². The molecule has 2 fully saturated rings. The predicted molar refractivity (Wildman–Crippen MR) is 130 cm³/mol. The first-order chi connectivity index (χ1) is 16.6. The van der Waals surface area contributed by atoms with Crippen molar-refractivity contribution in [2.45, 2.75) is 25.8 Å². The Labute approximate surface area is 200 Å². The van der Waals surface area contributed by atoms with Crippen LogP contribution in [0.25, 0.3) is 5.76 Å². The average molecular weight is 465 g/mol. The van der Waals surface area contributed by atoms with Gasteiger partial charge in [0.2, 0.25) is 0 Å². The number of nitrogens with zero attached hydrogens (tertiary/aromatic N) is 2. The van der Waals surface area contributed by atoms with Gasteiger partial charge in [0.15, 0.2) is 0 Å². The van der Waals surface area contributed by atoms with Crippen LogP contribution < -0.4 is 4.74 Å². The van der Waals surface area contributed by atoms with Gasteiger partial charge in [-0.15, -0.1) is 0 Å². The van der Waals surface area contributed by atoms with Gasteiger partial charge in [0.05, 0.1) is 31.4 Å². The van der Waals surface area contributed by atoms with Gasteiger partial charge in [0.25, 0.3) is 11.7 Å². The molecule has 1 amide bonds. The SMILES string of the molecule is CCCOc1ccc(/C(O)=C2\C(=O)C(=O)N(CCCN3CCOCC3)[C@H]2c2ccccc2)cc1. The van der Waals surface area contributed by atoms with E-state index in [0.29, 0.717) is 24.5 Å². The number of Topliss-reactive ketones (excluding diaryl/α,β-unsaturated/α-hetero) is 1. The van der Waals surface area contributed by atoms with Crippen LogP contribution in [0.1, 0.15) is 36.9 Å². The van der Waals surface area contributed by atoms with E-state index in [1.54, 1.807) is 29.2 Å². The number of benzene rings is 2. The second-order valence-corrected chi connectivity index (χ2v) is 8.58. The van der Waals surface area contributed by atoms with Gasteiger partial charge in [0, 0.05) is 31.7 Å². The van der Waals surface area contributed by atoms with E-state index < -0.39 is 17.7 Å². The quantitative estimate of drug-likeness (QED) is 0.347. The van der Waals surface area contributed by atoms with Crippen molar-refractivity contribution in [2.75, 3.05) is 46.0 Å². The zero-order valence-electron chi connectivity index (χ0n) is 19.6. The molecule has 180 valence electrons. The lowest BCUT2D eigenvalue weighted by molar-refractivity contribution is -0.140. The summed E-state index contributed by atoms with van der Waals surface area (Å²) >= 11 is 0. The molecular weight excluding hydrogens is 432 g/mol. The molecule has 4 rings (SSSR count). The molecule has 2 saturated heterocycles. The highest BCUT2D eigenvalue weighted by molar-refractivity contribution is 6.46. The first kappa shape index (κ1) is 24.0. The minimum Gasteiger partial charge on any atom is -0.507 e. The molecule has 34 heavy (non-hydrogen) atoms. The number of hydrogen-bond acceptors (Lipinski definition) is 6. The maximum absolute atomic E-state index is 13.1. The lowest BCUT2D eigenvalue weighted by Gasteiger charge is -2.29. The highest BCUT2D eigenvalue weighted by Crippen LogP contribution is 2.39. The van der Waals surface area contributed by atoms with Crippen LogP contribution in [0.4, 0.5) is 0 Å². The van der Waals surface area contributed by atoms with Crippen LogP contribution in [0.3, 0.4) is 0 Å². The monoisotopic (exact) mass is 464 g/mol. The number of ketones is 1. The van der Waals surface area contributed by atoms with Crippen LogP contribution in [-0.4, -0.2) is 72.6 Å². The van der Waals surface area contributed by atoms with Gasteiger partial charge in [-0.3, -0.25) is 14.5 Å². The topological polar surface area (TPSA) is 79.3 Å². The zero-order valence-corrected chi connectivity index (χ0v) is 19.6. The number of aliphatic hydroxyl groups is 1. The average Bonchev–Trinajstić information content (AvgIpc) is 3.13. The van der Waals surface area contributed by atoms with E-state index in [2.05, 4.69) is 4.90 Å². The van der Waals surface area contributed by atoms with E-state index in [9.17, 15) is 14.7 Å². The summed E-state index contributed by atoms with van der Waals surface area (Å²) in [6.07, 6.45) is 1.63. The van der Waals surface area contributed by atoms with Crippen LogP contribution >= 0.6 is 0 Å². The number of morpholine rings is 1. The van der Waals surface area contributed by atoms with Crippen molar-refractivity contribution in [3.05, 3.63) is 71.3 Å². The molecular formula is C27H32N2O5. The molecule has 2 aliphatic rings. The summed E-state index contributed by atoms with van der Waals surface area (Å²) in [5.74, 6) is -0.684. The predicted octanol–water partition coefficient (Wildman–Crippen LogP) is 3.62. The van der Waals surface area contributed by atoms with Crippen molar-refractivity contribution in [2.24, 2.45) is 0 Å². The van der Waals surface area contributed by atoms with E-state index in [0.717, 1.165) is 51.3 Å². The number of aliphatic hydroxyl groups excluding tert-OH is 1. The fourth-order valence-electron chi connectivity index (χ4n) is 4.47. The Morgan fingerprint density at radius 2 is 1.74 bits per heavy atom. The third-order valence-corrected chi connectivity index (χ3v) is 6.23. The van der Waals surface area contributed by atoms with Crippen LogP contribution in [0.2, 0.25) is 0 Å². The molecule has 0 saturated carbocycles. The molecule has 0 unspecified atom stereocenters. The summed E-state index contributed by atoms with van der Waals surface area (Å²) in [5.41, 5.74) is 1.42. The van der Waals surface area contributed by atoms with Crippen molar-refractivity contribution in [3.8, 4) is 5.75 Å². The molecule has 0 bridgehead atoms. The molecule has 2 heterocycles. The lowest BCUT2D eigenvalue weighted by atomic mass is 9.95.